The lowest BCUT2D eigenvalue weighted by Gasteiger charge is -2.21. The van der Waals surface area contributed by atoms with Gasteiger partial charge in [-0.1, -0.05) is 24.3 Å². The van der Waals surface area contributed by atoms with E-state index in [-0.39, 0.29) is 0 Å². The van der Waals surface area contributed by atoms with E-state index in [2.05, 4.69) is 29.6 Å². The third-order valence-electron chi connectivity index (χ3n) is 2.72. The summed E-state index contributed by atoms with van der Waals surface area (Å²) in [6.07, 6.45) is 0. The number of fused-ring (bicyclic) bond motifs is 5. The smallest absolute Gasteiger partial charge is 0.0662 e. The monoisotopic (exact) mass is 161 g/mol. The van der Waals surface area contributed by atoms with Crippen molar-refractivity contribution in [3.63, 3.8) is 0 Å². The van der Waals surface area contributed by atoms with E-state index in [1.165, 1.54) is 11.1 Å². The molecule has 2 heteroatoms. The zero-order chi connectivity index (χ0) is 7.97. The molecule has 0 spiro atoms. The van der Waals surface area contributed by atoms with Crippen LogP contribution in [0.4, 0.5) is 0 Å². The van der Waals surface area contributed by atoms with Crippen LogP contribution in [0.2, 0.25) is 0 Å². The van der Waals surface area contributed by atoms with Gasteiger partial charge in [-0.3, -0.25) is 5.32 Å². The fourth-order valence-electron chi connectivity index (χ4n) is 2.15. The lowest BCUT2D eigenvalue weighted by atomic mass is 10.0. The van der Waals surface area contributed by atoms with E-state index in [1.807, 2.05) is 0 Å². The first-order valence-corrected chi connectivity index (χ1v) is 4.38. The number of nitrogens with one attached hydrogen (secondary N) is 1. The molecule has 62 valence electrons. The maximum Gasteiger partial charge on any atom is 0.0662 e. The molecule has 2 bridgehead atoms. The lowest BCUT2D eigenvalue weighted by Crippen LogP contribution is -2.30. The van der Waals surface area contributed by atoms with Crippen molar-refractivity contribution in [3.8, 4) is 0 Å². The molecule has 1 fully saturated rings. The normalized spacial score (nSPS) is 31.7. The highest BCUT2D eigenvalue weighted by Crippen LogP contribution is 2.36. The second-order valence-electron chi connectivity index (χ2n) is 3.44. The molecular weight excluding hydrogens is 150 g/mol. The molecule has 2 unspecified atom stereocenters. The van der Waals surface area contributed by atoms with Crippen LogP contribution in [0, 0.1) is 0 Å². The predicted octanol–water partition coefficient (Wildman–Crippen LogP) is 1.40. The quantitative estimate of drug-likeness (QED) is 0.621. The van der Waals surface area contributed by atoms with Gasteiger partial charge in [0.15, 0.2) is 0 Å². The standard InChI is InChI=1S/C10H11NO/c1-2-4-8-7(3-1)9-5-12-6-10(8)11-9/h1-4,9-11H,5-6H2. The Labute approximate surface area is 71.5 Å². The van der Waals surface area contributed by atoms with Crippen LogP contribution in [-0.4, -0.2) is 13.2 Å². The summed E-state index contributed by atoms with van der Waals surface area (Å²) >= 11 is 0. The highest BCUT2D eigenvalue weighted by molar-refractivity contribution is 5.38. The van der Waals surface area contributed by atoms with E-state index in [4.69, 9.17) is 4.74 Å². The molecule has 2 aliphatic heterocycles. The van der Waals surface area contributed by atoms with Crippen LogP contribution in [0.3, 0.4) is 0 Å². The third kappa shape index (κ3) is 0.765. The summed E-state index contributed by atoms with van der Waals surface area (Å²) in [7, 11) is 0. The molecule has 2 nitrogen and oxygen atoms in total. The Bertz CT molecular complexity index is 281. The Hall–Kier alpha value is -0.860. The van der Waals surface area contributed by atoms with Crippen molar-refractivity contribution >= 4 is 0 Å². The van der Waals surface area contributed by atoms with Crippen molar-refractivity contribution in [2.24, 2.45) is 0 Å². The van der Waals surface area contributed by atoms with Gasteiger partial charge < -0.3 is 4.74 Å². The van der Waals surface area contributed by atoms with Gasteiger partial charge in [-0.25, -0.2) is 0 Å². The summed E-state index contributed by atoms with van der Waals surface area (Å²) < 4.78 is 5.48. The molecule has 1 aromatic rings. The van der Waals surface area contributed by atoms with Crippen LogP contribution in [-0.2, 0) is 4.74 Å². The summed E-state index contributed by atoms with van der Waals surface area (Å²) in [6.45, 7) is 1.65. The number of benzene rings is 1. The molecule has 12 heavy (non-hydrogen) atoms. The van der Waals surface area contributed by atoms with Crippen molar-refractivity contribution in [2.75, 3.05) is 13.2 Å². The van der Waals surface area contributed by atoms with Gasteiger partial charge in [0, 0.05) is 0 Å². The summed E-state index contributed by atoms with van der Waals surface area (Å²) in [4.78, 5) is 0. The predicted molar refractivity (Wildman–Crippen MR) is 45.9 cm³/mol. The first kappa shape index (κ1) is 6.63. The van der Waals surface area contributed by atoms with Gasteiger partial charge in [-0.2, -0.15) is 0 Å². The van der Waals surface area contributed by atoms with Gasteiger partial charge in [0.2, 0.25) is 0 Å². The molecule has 0 aromatic heterocycles. The van der Waals surface area contributed by atoms with Gasteiger partial charge in [-0.05, 0) is 11.1 Å². The molecule has 0 saturated carbocycles. The summed E-state index contributed by atoms with van der Waals surface area (Å²) in [6, 6.07) is 9.48. The second kappa shape index (κ2) is 2.31. The van der Waals surface area contributed by atoms with Crippen molar-refractivity contribution in [2.45, 2.75) is 12.1 Å². The van der Waals surface area contributed by atoms with Crippen molar-refractivity contribution < 1.29 is 4.74 Å². The van der Waals surface area contributed by atoms with Crippen molar-refractivity contribution in [1.29, 1.82) is 0 Å². The van der Waals surface area contributed by atoms with E-state index < -0.39 is 0 Å². The van der Waals surface area contributed by atoms with Gasteiger partial charge in [0.05, 0.1) is 25.3 Å². The van der Waals surface area contributed by atoms with Crippen LogP contribution in [0.1, 0.15) is 23.2 Å². The summed E-state index contributed by atoms with van der Waals surface area (Å²) in [5.41, 5.74) is 2.86. The average Bonchev–Trinajstić information content (AvgIpc) is 2.41. The zero-order valence-electron chi connectivity index (χ0n) is 6.79. The molecule has 1 aromatic carbocycles. The Morgan fingerprint density at radius 1 is 1.08 bits per heavy atom. The van der Waals surface area contributed by atoms with E-state index >= 15 is 0 Å². The molecule has 2 heterocycles. The molecule has 0 radical (unpaired) electrons. The molecule has 1 N–H and O–H groups in total. The molecular formula is C10H11NO. The number of ether oxygens (including phenoxy) is 1. The number of hydrogen-bond donors (Lipinski definition) is 1. The Morgan fingerprint density at radius 3 is 2.25 bits per heavy atom. The summed E-state index contributed by atoms with van der Waals surface area (Å²) in [5.74, 6) is 0. The van der Waals surface area contributed by atoms with Crippen LogP contribution in [0.25, 0.3) is 0 Å². The van der Waals surface area contributed by atoms with Gasteiger partial charge >= 0.3 is 0 Å². The van der Waals surface area contributed by atoms with E-state index in [9.17, 15) is 0 Å². The first-order chi connectivity index (χ1) is 5.95. The topological polar surface area (TPSA) is 21.3 Å². The van der Waals surface area contributed by atoms with Crippen LogP contribution < -0.4 is 5.32 Å². The third-order valence-corrected chi connectivity index (χ3v) is 2.72. The first-order valence-electron chi connectivity index (χ1n) is 4.38. The lowest BCUT2D eigenvalue weighted by molar-refractivity contribution is 0.0579. The number of morpholine rings is 1. The van der Waals surface area contributed by atoms with Gasteiger partial charge in [0.25, 0.3) is 0 Å². The van der Waals surface area contributed by atoms with Crippen LogP contribution >= 0.6 is 0 Å². The largest absolute Gasteiger partial charge is 0.377 e. The number of hydrogen-bond acceptors (Lipinski definition) is 2. The molecule has 2 aliphatic rings. The minimum absolute atomic E-state index is 0.444. The van der Waals surface area contributed by atoms with E-state index in [0.717, 1.165) is 13.2 Å². The average molecular weight is 161 g/mol. The van der Waals surface area contributed by atoms with Crippen molar-refractivity contribution in [3.05, 3.63) is 35.4 Å². The number of rotatable bonds is 0. The zero-order valence-corrected chi connectivity index (χ0v) is 6.79. The second-order valence-corrected chi connectivity index (χ2v) is 3.44. The Morgan fingerprint density at radius 2 is 1.67 bits per heavy atom. The van der Waals surface area contributed by atoms with Crippen molar-refractivity contribution in [1.82, 2.24) is 5.32 Å². The Balaban J connectivity index is 2.16. The molecule has 2 atom stereocenters. The Kier molecular flexibility index (Phi) is 1.28. The minimum atomic E-state index is 0.444. The molecule has 0 aliphatic carbocycles. The highest BCUT2D eigenvalue weighted by atomic mass is 16.5. The SMILES string of the molecule is c1ccc2c(c1)C1COCC2N1. The van der Waals surface area contributed by atoms with Crippen LogP contribution in [0.15, 0.2) is 24.3 Å². The molecule has 0 amide bonds. The maximum absolute atomic E-state index is 5.48. The molecule has 3 rings (SSSR count). The highest BCUT2D eigenvalue weighted by Gasteiger charge is 2.33. The van der Waals surface area contributed by atoms with Crippen LogP contribution in [0.5, 0.6) is 0 Å². The fourth-order valence-corrected chi connectivity index (χ4v) is 2.15. The summed E-state index contributed by atoms with van der Waals surface area (Å²) in [5, 5.41) is 3.53. The maximum atomic E-state index is 5.48. The van der Waals surface area contributed by atoms with Gasteiger partial charge in [-0.15, -0.1) is 0 Å². The van der Waals surface area contributed by atoms with Gasteiger partial charge in [0.1, 0.15) is 0 Å². The fraction of sp³-hybridized carbons (Fsp3) is 0.400. The van der Waals surface area contributed by atoms with E-state index in [1.54, 1.807) is 0 Å². The molecule has 1 saturated heterocycles. The minimum Gasteiger partial charge on any atom is -0.377 e. The van der Waals surface area contributed by atoms with E-state index in [0.29, 0.717) is 12.1 Å².